The molecule has 19 heavy (non-hydrogen) atoms. The molecule has 0 radical (unpaired) electrons. The standard InChI is InChI=1S/C17H22O2/c1-2-14(13-18)17(19,15-9-5-3-6-10-15)16-11-7-4-8-12-16/h1,3,5-6,9-10,14,16,18-19H,4,7-8,11-13H2/t14-,17-/m0/s1. The van der Waals surface area contributed by atoms with Crippen LogP contribution in [0.1, 0.15) is 37.7 Å². The molecule has 2 nitrogen and oxygen atoms in total. The van der Waals surface area contributed by atoms with Crippen LogP contribution in [0.5, 0.6) is 0 Å². The lowest BCUT2D eigenvalue weighted by Crippen LogP contribution is -2.44. The maximum absolute atomic E-state index is 11.3. The topological polar surface area (TPSA) is 40.5 Å². The van der Waals surface area contributed by atoms with Gasteiger partial charge in [-0.1, -0.05) is 55.5 Å². The van der Waals surface area contributed by atoms with Gasteiger partial charge in [-0.3, -0.25) is 0 Å². The van der Waals surface area contributed by atoms with E-state index in [2.05, 4.69) is 5.92 Å². The van der Waals surface area contributed by atoms with Crippen LogP contribution in [0.2, 0.25) is 0 Å². The van der Waals surface area contributed by atoms with E-state index in [-0.39, 0.29) is 12.5 Å². The van der Waals surface area contributed by atoms with Crippen LogP contribution in [0.15, 0.2) is 30.3 Å². The quantitative estimate of drug-likeness (QED) is 0.815. The van der Waals surface area contributed by atoms with Gasteiger partial charge in [-0.25, -0.2) is 0 Å². The first-order valence-electron chi connectivity index (χ1n) is 7.08. The Morgan fingerprint density at radius 2 is 1.84 bits per heavy atom. The molecule has 0 unspecified atom stereocenters. The monoisotopic (exact) mass is 258 g/mol. The van der Waals surface area contributed by atoms with Crippen molar-refractivity contribution in [1.29, 1.82) is 0 Å². The molecule has 1 aliphatic carbocycles. The van der Waals surface area contributed by atoms with E-state index in [9.17, 15) is 10.2 Å². The number of aliphatic hydroxyl groups excluding tert-OH is 1. The van der Waals surface area contributed by atoms with Gasteiger partial charge in [0.25, 0.3) is 0 Å². The molecule has 0 spiro atoms. The Morgan fingerprint density at radius 3 is 2.37 bits per heavy atom. The van der Waals surface area contributed by atoms with E-state index in [1.807, 2.05) is 30.3 Å². The normalized spacial score (nSPS) is 21.3. The molecule has 2 atom stereocenters. The summed E-state index contributed by atoms with van der Waals surface area (Å²) in [6.07, 6.45) is 11.0. The number of terminal acetylenes is 1. The Kier molecular flexibility index (Phi) is 4.63. The van der Waals surface area contributed by atoms with Gasteiger partial charge in [0.05, 0.1) is 12.5 Å². The average molecular weight is 258 g/mol. The molecule has 1 fully saturated rings. The summed E-state index contributed by atoms with van der Waals surface area (Å²) in [5.41, 5.74) is -0.274. The Bertz CT molecular complexity index is 428. The lowest BCUT2D eigenvalue weighted by atomic mass is 9.67. The van der Waals surface area contributed by atoms with Crippen molar-refractivity contribution in [2.45, 2.75) is 37.7 Å². The zero-order chi connectivity index (χ0) is 13.7. The molecule has 1 aromatic rings. The number of rotatable bonds is 4. The predicted octanol–water partition coefficient (Wildman–Crippen LogP) is 2.70. The van der Waals surface area contributed by atoms with Gasteiger partial charge in [0.2, 0.25) is 0 Å². The van der Waals surface area contributed by atoms with Gasteiger partial charge in [0, 0.05) is 0 Å². The molecule has 1 aliphatic rings. The smallest absolute Gasteiger partial charge is 0.108 e. The summed E-state index contributed by atoms with van der Waals surface area (Å²) in [6.45, 7) is -0.182. The van der Waals surface area contributed by atoms with Crippen LogP contribution >= 0.6 is 0 Å². The second kappa shape index (κ2) is 6.23. The van der Waals surface area contributed by atoms with Crippen molar-refractivity contribution in [3.63, 3.8) is 0 Å². The van der Waals surface area contributed by atoms with Gasteiger partial charge in [-0.15, -0.1) is 6.42 Å². The predicted molar refractivity (Wildman–Crippen MR) is 76.3 cm³/mol. The second-order valence-electron chi connectivity index (χ2n) is 5.43. The van der Waals surface area contributed by atoms with Gasteiger partial charge in [0.1, 0.15) is 5.60 Å². The molecule has 2 heteroatoms. The number of aliphatic hydroxyl groups is 2. The minimum atomic E-state index is -1.11. The lowest BCUT2D eigenvalue weighted by molar-refractivity contribution is -0.0832. The van der Waals surface area contributed by atoms with Gasteiger partial charge in [-0.05, 0) is 24.3 Å². The summed E-state index contributed by atoms with van der Waals surface area (Å²) < 4.78 is 0. The van der Waals surface area contributed by atoms with Crippen LogP contribution in [0.3, 0.4) is 0 Å². The third kappa shape index (κ3) is 2.68. The summed E-state index contributed by atoms with van der Waals surface area (Å²) in [6, 6.07) is 9.57. The van der Waals surface area contributed by atoms with Crippen molar-refractivity contribution in [2.24, 2.45) is 11.8 Å². The lowest BCUT2D eigenvalue weighted by Gasteiger charge is -2.42. The molecule has 0 amide bonds. The zero-order valence-corrected chi connectivity index (χ0v) is 11.3. The van der Waals surface area contributed by atoms with E-state index in [0.29, 0.717) is 0 Å². The van der Waals surface area contributed by atoms with Crippen molar-refractivity contribution in [3.8, 4) is 12.3 Å². The maximum Gasteiger partial charge on any atom is 0.108 e. The van der Waals surface area contributed by atoms with E-state index in [0.717, 1.165) is 31.2 Å². The van der Waals surface area contributed by atoms with E-state index < -0.39 is 11.5 Å². The molecule has 0 aromatic heterocycles. The Morgan fingerprint density at radius 1 is 1.21 bits per heavy atom. The van der Waals surface area contributed by atoms with Gasteiger partial charge in [-0.2, -0.15) is 0 Å². The second-order valence-corrected chi connectivity index (χ2v) is 5.43. The number of benzene rings is 1. The highest BCUT2D eigenvalue weighted by Crippen LogP contribution is 2.43. The van der Waals surface area contributed by atoms with E-state index in [4.69, 9.17) is 6.42 Å². The third-order valence-electron chi connectivity index (χ3n) is 4.38. The van der Waals surface area contributed by atoms with Crippen LogP contribution < -0.4 is 0 Å². The van der Waals surface area contributed by atoms with Crippen LogP contribution in [-0.4, -0.2) is 16.8 Å². The van der Waals surface area contributed by atoms with E-state index >= 15 is 0 Å². The van der Waals surface area contributed by atoms with Crippen LogP contribution in [-0.2, 0) is 5.60 Å². The number of hydrogen-bond donors (Lipinski definition) is 2. The van der Waals surface area contributed by atoms with Crippen molar-refractivity contribution < 1.29 is 10.2 Å². The fraction of sp³-hybridized carbons (Fsp3) is 0.529. The Hall–Kier alpha value is -1.30. The highest BCUT2D eigenvalue weighted by atomic mass is 16.3. The fourth-order valence-corrected chi connectivity index (χ4v) is 3.29. The molecule has 102 valence electrons. The summed E-state index contributed by atoms with van der Waals surface area (Å²) in [5, 5.41) is 20.8. The third-order valence-corrected chi connectivity index (χ3v) is 4.38. The first kappa shape index (κ1) is 14.1. The molecule has 0 heterocycles. The maximum atomic E-state index is 11.3. The summed E-state index contributed by atoms with van der Waals surface area (Å²) in [5.74, 6) is 2.18. The summed E-state index contributed by atoms with van der Waals surface area (Å²) in [4.78, 5) is 0. The minimum Gasteiger partial charge on any atom is -0.395 e. The highest BCUT2D eigenvalue weighted by molar-refractivity contribution is 5.27. The zero-order valence-electron chi connectivity index (χ0n) is 11.3. The van der Waals surface area contributed by atoms with Crippen molar-refractivity contribution in [2.75, 3.05) is 6.61 Å². The van der Waals surface area contributed by atoms with Gasteiger partial charge >= 0.3 is 0 Å². The molecule has 0 bridgehead atoms. The first-order valence-corrected chi connectivity index (χ1v) is 7.08. The fourth-order valence-electron chi connectivity index (χ4n) is 3.29. The van der Waals surface area contributed by atoms with Crippen LogP contribution in [0.25, 0.3) is 0 Å². The first-order chi connectivity index (χ1) is 9.23. The SMILES string of the molecule is C#C[C@@H](CO)[C@](O)(c1ccccc1)C1CCCCC1. The minimum absolute atomic E-state index is 0.136. The molecule has 1 aromatic carbocycles. The van der Waals surface area contributed by atoms with Crippen molar-refractivity contribution >= 4 is 0 Å². The van der Waals surface area contributed by atoms with Gasteiger partial charge < -0.3 is 10.2 Å². The molecule has 0 aliphatic heterocycles. The Labute approximate surface area is 115 Å². The van der Waals surface area contributed by atoms with E-state index in [1.165, 1.54) is 6.42 Å². The number of hydrogen-bond acceptors (Lipinski definition) is 2. The van der Waals surface area contributed by atoms with Crippen LogP contribution in [0, 0.1) is 24.2 Å². The van der Waals surface area contributed by atoms with Crippen molar-refractivity contribution in [1.82, 2.24) is 0 Å². The molecular weight excluding hydrogens is 236 g/mol. The molecule has 0 saturated heterocycles. The average Bonchev–Trinajstić information content (AvgIpc) is 2.50. The highest BCUT2D eigenvalue weighted by Gasteiger charge is 2.44. The molecule has 2 rings (SSSR count). The largest absolute Gasteiger partial charge is 0.395 e. The molecule has 2 N–H and O–H groups in total. The van der Waals surface area contributed by atoms with Gasteiger partial charge in [0.15, 0.2) is 0 Å². The molecule has 1 saturated carbocycles. The van der Waals surface area contributed by atoms with E-state index in [1.54, 1.807) is 0 Å². The molecular formula is C17H22O2. The van der Waals surface area contributed by atoms with Crippen LogP contribution in [0.4, 0.5) is 0 Å². The summed E-state index contributed by atoms with van der Waals surface area (Å²) >= 11 is 0. The van der Waals surface area contributed by atoms with Crippen molar-refractivity contribution in [3.05, 3.63) is 35.9 Å². The Balaban J connectivity index is 2.40. The summed E-state index contributed by atoms with van der Waals surface area (Å²) in [7, 11) is 0.